The molecule has 1 aromatic heterocycles. The van der Waals surface area contributed by atoms with Crippen LogP contribution in [0.25, 0.3) is 0 Å². The van der Waals surface area contributed by atoms with Gasteiger partial charge >= 0.3 is 0 Å². The second-order valence-electron chi connectivity index (χ2n) is 4.07. The molecule has 0 saturated heterocycles. The minimum Gasteiger partial charge on any atom is -0.345 e. The van der Waals surface area contributed by atoms with Crippen LogP contribution in [-0.2, 0) is 16.4 Å². The van der Waals surface area contributed by atoms with Crippen LogP contribution in [0.3, 0.4) is 0 Å². The van der Waals surface area contributed by atoms with E-state index in [2.05, 4.69) is 30.6 Å². The van der Waals surface area contributed by atoms with Gasteiger partial charge in [0.25, 0.3) is 5.91 Å². The summed E-state index contributed by atoms with van der Waals surface area (Å²) in [5.41, 5.74) is 0.509. The number of hydrogen-bond acceptors (Lipinski definition) is 6. The SMILES string of the molecule is CCS(=O)(=O)c1nc(CNC(=O)c2ccc(Br)cc2)ns1. The summed E-state index contributed by atoms with van der Waals surface area (Å²) in [6.45, 7) is 1.64. The molecule has 0 saturated carbocycles. The molecule has 1 aromatic carbocycles. The lowest BCUT2D eigenvalue weighted by molar-refractivity contribution is 0.0950. The summed E-state index contributed by atoms with van der Waals surface area (Å²) in [6, 6.07) is 6.89. The van der Waals surface area contributed by atoms with E-state index in [-0.39, 0.29) is 28.4 Å². The van der Waals surface area contributed by atoms with Crippen LogP contribution >= 0.6 is 27.5 Å². The van der Waals surface area contributed by atoms with Gasteiger partial charge in [-0.2, -0.15) is 4.37 Å². The molecule has 2 aromatic rings. The molecule has 9 heteroatoms. The number of sulfone groups is 1. The predicted octanol–water partition coefficient (Wildman–Crippen LogP) is 2.02. The first kappa shape index (κ1) is 16.1. The van der Waals surface area contributed by atoms with E-state index in [1.165, 1.54) is 0 Å². The molecule has 0 atom stereocenters. The van der Waals surface area contributed by atoms with E-state index >= 15 is 0 Å². The zero-order valence-corrected chi connectivity index (χ0v) is 14.3. The zero-order chi connectivity index (χ0) is 15.5. The van der Waals surface area contributed by atoms with Crippen LogP contribution in [0.15, 0.2) is 33.1 Å². The Morgan fingerprint density at radius 1 is 1.33 bits per heavy atom. The average molecular weight is 390 g/mol. The fourth-order valence-corrected chi connectivity index (χ4v) is 3.53. The van der Waals surface area contributed by atoms with E-state index < -0.39 is 9.84 Å². The van der Waals surface area contributed by atoms with E-state index in [1.807, 2.05) is 0 Å². The van der Waals surface area contributed by atoms with E-state index in [1.54, 1.807) is 31.2 Å². The van der Waals surface area contributed by atoms with Crippen molar-refractivity contribution >= 4 is 43.2 Å². The molecule has 2 rings (SSSR count). The van der Waals surface area contributed by atoms with Crippen LogP contribution in [0.2, 0.25) is 0 Å². The summed E-state index contributed by atoms with van der Waals surface area (Å²) in [4.78, 5) is 15.8. The molecular formula is C12H12BrN3O3S2. The summed E-state index contributed by atoms with van der Waals surface area (Å²) in [7, 11) is -3.35. The third-order valence-corrected chi connectivity index (χ3v) is 6.06. The van der Waals surface area contributed by atoms with Gasteiger partial charge in [0.15, 0.2) is 5.82 Å². The lowest BCUT2D eigenvalue weighted by Gasteiger charge is -2.02. The quantitative estimate of drug-likeness (QED) is 0.844. The normalized spacial score (nSPS) is 11.3. The fourth-order valence-electron chi connectivity index (χ4n) is 1.42. The van der Waals surface area contributed by atoms with Crippen molar-refractivity contribution in [2.45, 2.75) is 17.8 Å². The lowest BCUT2D eigenvalue weighted by atomic mass is 10.2. The van der Waals surface area contributed by atoms with Gasteiger partial charge in [-0.05, 0) is 35.8 Å². The number of benzene rings is 1. The summed E-state index contributed by atoms with van der Waals surface area (Å²) >= 11 is 4.12. The Morgan fingerprint density at radius 3 is 2.62 bits per heavy atom. The van der Waals surface area contributed by atoms with Gasteiger partial charge < -0.3 is 5.32 Å². The van der Waals surface area contributed by atoms with Crippen LogP contribution < -0.4 is 5.32 Å². The number of halogens is 1. The van der Waals surface area contributed by atoms with Crippen molar-refractivity contribution < 1.29 is 13.2 Å². The van der Waals surface area contributed by atoms with E-state index in [9.17, 15) is 13.2 Å². The maximum Gasteiger partial charge on any atom is 0.251 e. The molecule has 0 radical (unpaired) electrons. The third-order valence-electron chi connectivity index (χ3n) is 2.61. The molecule has 0 aliphatic rings. The Bertz CT molecular complexity index is 741. The van der Waals surface area contributed by atoms with Crippen molar-refractivity contribution in [3.8, 4) is 0 Å². The number of aromatic nitrogens is 2. The molecule has 1 N–H and O–H groups in total. The lowest BCUT2D eigenvalue weighted by Crippen LogP contribution is -2.23. The first-order valence-electron chi connectivity index (χ1n) is 6.01. The zero-order valence-electron chi connectivity index (χ0n) is 11.0. The Kier molecular flexibility index (Phi) is 5.07. The van der Waals surface area contributed by atoms with Gasteiger partial charge in [0, 0.05) is 10.0 Å². The van der Waals surface area contributed by atoms with Crippen LogP contribution in [0.1, 0.15) is 23.1 Å². The highest BCUT2D eigenvalue weighted by Gasteiger charge is 2.18. The van der Waals surface area contributed by atoms with Gasteiger partial charge in [-0.15, -0.1) is 0 Å². The highest BCUT2D eigenvalue weighted by Crippen LogP contribution is 2.14. The van der Waals surface area contributed by atoms with Crippen LogP contribution in [0, 0.1) is 0 Å². The van der Waals surface area contributed by atoms with E-state index in [0.29, 0.717) is 5.56 Å². The molecule has 0 fully saturated rings. The highest BCUT2D eigenvalue weighted by molar-refractivity contribution is 9.10. The van der Waals surface area contributed by atoms with Gasteiger partial charge in [-0.1, -0.05) is 22.9 Å². The van der Waals surface area contributed by atoms with Crippen molar-refractivity contribution in [1.29, 1.82) is 0 Å². The predicted molar refractivity (Wildman–Crippen MR) is 82.9 cm³/mol. The van der Waals surface area contributed by atoms with Gasteiger partial charge in [0.2, 0.25) is 14.2 Å². The van der Waals surface area contributed by atoms with Crippen molar-refractivity contribution in [3.63, 3.8) is 0 Å². The summed E-state index contributed by atoms with van der Waals surface area (Å²) in [5.74, 6) is 0.00191. The van der Waals surface area contributed by atoms with Crippen LogP contribution in [0.4, 0.5) is 0 Å². The molecule has 0 spiro atoms. The van der Waals surface area contributed by atoms with Crippen LogP contribution in [0.5, 0.6) is 0 Å². The number of hydrogen-bond donors (Lipinski definition) is 1. The maximum absolute atomic E-state index is 11.9. The number of carbonyl (C=O) groups is 1. The number of amides is 1. The molecule has 1 amide bonds. The monoisotopic (exact) mass is 389 g/mol. The first-order chi connectivity index (χ1) is 9.92. The van der Waals surface area contributed by atoms with Crippen molar-refractivity contribution in [3.05, 3.63) is 40.1 Å². The minimum atomic E-state index is -3.35. The number of nitrogens with one attached hydrogen (secondary N) is 1. The molecule has 0 aliphatic heterocycles. The molecule has 6 nitrogen and oxygen atoms in total. The standard InChI is InChI=1S/C12H12BrN3O3S2/c1-2-21(18,19)12-15-10(16-20-12)7-14-11(17)8-3-5-9(13)6-4-8/h3-6H,2,7H2,1H3,(H,14,17). The van der Waals surface area contributed by atoms with Gasteiger partial charge in [0.05, 0.1) is 12.3 Å². The summed E-state index contributed by atoms with van der Waals surface area (Å²) < 4.78 is 28.1. The van der Waals surface area contributed by atoms with Crippen molar-refractivity contribution in [1.82, 2.24) is 14.7 Å². The smallest absolute Gasteiger partial charge is 0.251 e. The minimum absolute atomic E-state index is 0.0158. The molecule has 21 heavy (non-hydrogen) atoms. The molecule has 112 valence electrons. The fraction of sp³-hybridized carbons (Fsp3) is 0.250. The van der Waals surface area contributed by atoms with Crippen molar-refractivity contribution in [2.24, 2.45) is 0 Å². The molecule has 1 heterocycles. The number of rotatable bonds is 5. The van der Waals surface area contributed by atoms with E-state index in [4.69, 9.17) is 0 Å². The van der Waals surface area contributed by atoms with E-state index in [0.717, 1.165) is 16.0 Å². The number of carbonyl (C=O) groups excluding carboxylic acids is 1. The topological polar surface area (TPSA) is 89.0 Å². The Labute approximate surface area is 134 Å². The second-order valence-corrected chi connectivity index (χ2v) is 8.19. The Morgan fingerprint density at radius 2 is 2.00 bits per heavy atom. The Balaban J connectivity index is 2.00. The van der Waals surface area contributed by atoms with Gasteiger partial charge in [0.1, 0.15) is 0 Å². The highest BCUT2D eigenvalue weighted by atomic mass is 79.9. The Hall–Kier alpha value is -1.32. The van der Waals surface area contributed by atoms with Gasteiger partial charge in [-0.25, -0.2) is 13.4 Å². The summed E-state index contributed by atoms with van der Waals surface area (Å²) in [5, 5.41) is 2.65. The van der Waals surface area contributed by atoms with Crippen LogP contribution in [-0.4, -0.2) is 29.4 Å². The molecular weight excluding hydrogens is 378 g/mol. The summed E-state index contributed by atoms with van der Waals surface area (Å²) in [6.07, 6.45) is 0. The third kappa shape index (κ3) is 4.08. The molecule has 0 aliphatic carbocycles. The van der Waals surface area contributed by atoms with Crippen molar-refractivity contribution in [2.75, 3.05) is 5.75 Å². The second kappa shape index (κ2) is 6.63. The number of nitrogens with zero attached hydrogens (tertiary/aromatic N) is 2. The van der Waals surface area contributed by atoms with Gasteiger partial charge in [-0.3, -0.25) is 4.79 Å². The largest absolute Gasteiger partial charge is 0.345 e. The molecule has 0 unspecified atom stereocenters. The molecule has 0 bridgehead atoms. The maximum atomic E-state index is 11.9. The average Bonchev–Trinajstić information content (AvgIpc) is 2.95. The first-order valence-corrected chi connectivity index (χ1v) is 9.23.